The molecule has 0 spiro atoms. The standard InChI is InChI=1S/C16H16ClF3N2O2/c1-15(2,3)24-14(23)22-13(16(18,19)20)9-4-5-10-8-21-12(17)7-11(10)6-9/h4-8,13H,1-3H3,(H,22,23)/t13-/m0/s1. The highest BCUT2D eigenvalue weighted by Gasteiger charge is 2.42. The molecule has 4 nitrogen and oxygen atoms in total. The van der Waals surface area contributed by atoms with Crippen LogP contribution >= 0.6 is 11.6 Å². The molecular formula is C16H16ClF3N2O2. The molecule has 0 bridgehead atoms. The van der Waals surface area contributed by atoms with Crippen LogP contribution in [-0.4, -0.2) is 22.9 Å². The lowest BCUT2D eigenvalue weighted by Gasteiger charge is -2.25. The summed E-state index contributed by atoms with van der Waals surface area (Å²) in [5.74, 6) is 0. The molecule has 0 saturated heterocycles. The van der Waals surface area contributed by atoms with E-state index < -0.39 is 23.9 Å². The number of rotatable bonds is 2. The SMILES string of the molecule is CC(C)(C)OC(=O)N[C@@H](c1ccc2cnc(Cl)cc2c1)C(F)(F)F. The van der Waals surface area contributed by atoms with E-state index in [0.29, 0.717) is 10.8 Å². The number of carbonyl (C=O) groups is 1. The van der Waals surface area contributed by atoms with E-state index in [1.165, 1.54) is 30.5 Å². The number of benzene rings is 1. The van der Waals surface area contributed by atoms with Gasteiger partial charge in [-0.2, -0.15) is 13.2 Å². The van der Waals surface area contributed by atoms with E-state index in [4.69, 9.17) is 16.3 Å². The molecule has 0 unspecified atom stereocenters. The Morgan fingerprint density at radius 2 is 1.88 bits per heavy atom. The van der Waals surface area contributed by atoms with E-state index in [-0.39, 0.29) is 10.7 Å². The number of halogens is 4. The zero-order valence-corrected chi connectivity index (χ0v) is 14.0. The molecule has 0 aliphatic heterocycles. The third-order valence-corrected chi connectivity index (χ3v) is 3.24. The van der Waals surface area contributed by atoms with Gasteiger partial charge in [0.25, 0.3) is 0 Å². The number of aromatic nitrogens is 1. The second kappa shape index (κ2) is 6.47. The molecule has 1 amide bonds. The normalized spacial score (nSPS) is 13.6. The van der Waals surface area contributed by atoms with Crippen molar-refractivity contribution < 1.29 is 22.7 Å². The van der Waals surface area contributed by atoms with Gasteiger partial charge in [-0.3, -0.25) is 0 Å². The zero-order chi connectivity index (χ0) is 18.1. The number of nitrogens with zero attached hydrogens (tertiary/aromatic N) is 1. The van der Waals surface area contributed by atoms with E-state index in [1.807, 2.05) is 5.32 Å². The quantitative estimate of drug-likeness (QED) is 0.765. The zero-order valence-electron chi connectivity index (χ0n) is 13.2. The predicted molar refractivity (Wildman–Crippen MR) is 84.9 cm³/mol. The highest BCUT2D eigenvalue weighted by atomic mass is 35.5. The van der Waals surface area contributed by atoms with Gasteiger partial charge in [0.15, 0.2) is 6.04 Å². The van der Waals surface area contributed by atoms with Crippen LogP contribution in [0.2, 0.25) is 5.15 Å². The molecule has 0 saturated carbocycles. The largest absolute Gasteiger partial charge is 0.444 e. The van der Waals surface area contributed by atoms with E-state index in [2.05, 4.69) is 4.98 Å². The van der Waals surface area contributed by atoms with Gasteiger partial charge < -0.3 is 10.1 Å². The fraction of sp³-hybridized carbons (Fsp3) is 0.375. The molecule has 0 radical (unpaired) electrons. The van der Waals surface area contributed by atoms with Crippen molar-refractivity contribution in [2.75, 3.05) is 0 Å². The van der Waals surface area contributed by atoms with Crippen LogP contribution in [0.4, 0.5) is 18.0 Å². The Morgan fingerprint density at radius 1 is 1.21 bits per heavy atom. The summed E-state index contributed by atoms with van der Waals surface area (Å²) in [6.45, 7) is 4.71. The van der Waals surface area contributed by atoms with Gasteiger partial charge >= 0.3 is 12.3 Å². The summed E-state index contributed by atoms with van der Waals surface area (Å²) < 4.78 is 45.0. The Kier molecular flexibility index (Phi) is 4.94. The van der Waals surface area contributed by atoms with Crippen molar-refractivity contribution in [2.45, 2.75) is 38.6 Å². The Hall–Kier alpha value is -2.02. The van der Waals surface area contributed by atoms with Crippen molar-refractivity contribution in [2.24, 2.45) is 0 Å². The number of amides is 1. The molecule has 1 N–H and O–H groups in total. The minimum absolute atomic E-state index is 0.122. The van der Waals surface area contributed by atoms with Crippen LogP contribution in [0.3, 0.4) is 0 Å². The molecule has 1 aromatic heterocycles. The Labute approximate surface area is 142 Å². The van der Waals surface area contributed by atoms with E-state index in [9.17, 15) is 18.0 Å². The molecule has 0 aliphatic carbocycles. The predicted octanol–water partition coefficient (Wildman–Crippen LogP) is 5.02. The first kappa shape index (κ1) is 18.3. The summed E-state index contributed by atoms with van der Waals surface area (Å²) in [5, 5.41) is 3.18. The molecule has 2 rings (SSSR count). The van der Waals surface area contributed by atoms with Gasteiger partial charge in [-0.25, -0.2) is 9.78 Å². The maximum absolute atomic E-state index is 13.4. The van der Waals surface area contributed by atoms with Crippen LogP contribution in [0.1, 0.15) is 32.4 Å². The summed E-state index contributed by atoms with van der Waals surface area (Å²) in [6, 6.07) is 3.36. The Bertz CT molecular complexity index is 757. The number of pyridine rings is 1. The van der Waals surface area contributed by atoms with E-state index in [1.54, 1.807) is 20.8 Å². The maximum Gasteiger partial charge on any atom is 0.412 e. The molecule has 1 heterocycles. The second-order valence-corrected chi connectivity index (χ2v) is 6.62. The van der Waals surface area contributed by atoms with E-state index in [0.717, 1.165) is 0 Å². The van der Waals surface area contributed by atoms with Crippen molar-refractivity contribution in [3.8, 4) is 0 Å². The van der Waals surface area contributed by atoms with Crippen LogP contribution in [-0.2, 0) is 4.74 Å². The van der Waals surface area contributed by atoms with Crippen molar-refractivity contribution in [1.82, 2.24) is 10.3 Å². The van der Waals surface area contributed by atoms with Gasteiger partial charge in [0.05, 0.1) is 0 Å². The molecule has 1 aromatic carbocycles. The van der Waals surface area contributed by atoms with Gasteiger partial charge in [0.1, 0.15) is 10.8 Å². The van der Waals surface area contributed by atoms with Crippen LogP contribution in [0, 0.1) is 0 Å². The first-order valence-electron chi connectivity index (χ1n) is 7.07. The van der Waals surface area contributed by atoms with Gasteiger partial charge in [-0.05, 0) is 43.9 Å². The molecule has 2 aromatic rings. The lowest BCUT2D eigenvalue weighted by molar-refractivity contribution is -0.156. The highest BCUT2D eigenvalue weighted by molar-refractivity contribution is 6.30. The molecule has 24 heavy (non-hydrogen) atoms. The van der Waals surface area contributed by atoms with Crippen LogP contribution in [0.5, 0.6) is 0 Å². The minimum atomic E-state index is -4.68. The summed E-state index contributed by atoms with van der Waals surface area (Å²) >= 11 is 5.77. The number of carbonyl (C=O) groups excluding carboxylic acids is 1. The van der Waals surface area contributed by atoms with Gasteiger partial charge in [0, 0.05) is 11.6 Å². The van der Waals surface area contributed by atoms with Crippen molar-refractivity contribution in [3.05, 3.63) is 41.2 Å². The van der Waals surface area contributed by atoms with Crippen molar-refractivity contribution in [1.29, 1.82) is 0 Å². The second-order valence-electron chi connectivity index (χ2n) is 6.23. The number of hydrogen-bond donors (Lipinski definition) is 1. The number of ether oxygens (including phenoxy) is 1. The van der Waals surface area contributed by atoms with Crippen molar-refractivity contribution in [3.63, 3.8) is 0 Å². The van der Waals surface area contributed by atoms with Crippen LogP contribution in [0.15, 0.2) is 30.5 Å². The van der Waals surface area contributed by atoms with Crippen molar-refractivity contribution >= 4 is 28.5 Å². The fourth-order valence-electron chi connectivity index (χ4n) is 2.09. The summed E-state index contributed by atoms with van der Waals surface area (Å²) in [7, 11) is 0. The highest BCUT2D eigenvalue weighted by Crippen LogP contribution is 2.34. The van der Waals surface area contributed by atoms with E-state index >= 15 is 0 Å². The number of hydrogen-bond acceptors (Lipinski definition) is 3. The third kappa shape index (κ3) is 4.74. The summed E-state index contributed by atoms with van der Waals surface area (Å²) in [5.41, 5.74) is -1.02. The lowest BCUT2D eigenvalue weighted by Crippen LogP contribution is -2.41. The first-order chi connectivity index (χ1) is 11.0. The number of nitrogens with one attached hydrogen (secondary N) is 1. The average Bonchev–Trinajstić information content (AvgIpc) is 2.41. The molecule has 0 fully saturated rings. The summed E-state index contributed by atoms with van der Waals surface area (Å²) in [4.78, 5) is 15.6. The minimum Gasteiger partial charge on any atom is -0.444 e. The Morgan fingerprint density at radius 3 is 2.46 bits per heavy atom. The van der Waals surface area contributed by atoms with Gasteiger partial charge in [0.2, 0.25) is 0 Å². The fourth-order valence-corrected chi connectivity index (χ4v) is 2.26. The van der Waals surface area contributed by atoms with Crippen LogP contribution in [0.25, 0.3) is 10.8 Å². The third-order valence-electron chi connectivity index (χ3n) is 3.03. The lowest BCUT2D eigenvalue weighted by atomic mass is 10.0. The number of alkyl halides is 3. The molecular weight excluding hydrogens is 345 g/mol. The summed E-state index contributed by atoms with van der Waals surface area (Å²) in [6.07, 6.45) is -4.36. The monoisotopic (exact) mass is 360 g/mol. The number of fused-ring (bicyclic) bond motifs is 1. The molecule has 1 atom stereocenters. The topological polar surface area (TPSA) is 51.2 Å². The number of alkyl carbamates (subject to hydrolysis) is 1. The maximum atomic E-state index is 13.4. The molecule has 130 valence electrons. The van der Waals surface area contributed by atoms with Gasteiger partial charge in [-0.15, -0.1) is 0 Å². The molecule has 8 heteroatoms. The molecule has 0 aliphatic rings. The first-order valence-corrected chi connectivity index (χ1v) is 7.45. The van der Waals surface area contributed by atoms with Crippen LogP contribution < -0.4 is 5.32 Å². The average molecular weight is 361 g/mol. The smallest absolute Gasteiger partial charge is 0.412 e. The van der Waals surface area contributed by atoms with Gasteiger partial charge in [-0.1, -0.05) is 23.7 Å². The Balaban J connectivity index is 2.36.